The number of hydrogen-bond donors (Lipinski definition) is 4. The van der Waals surface area contributed by atoms with Gasteiger partial charge in [-0.15, -0.1) is 0 Å². The van der Waals surface area contributed by atoms with E-state index in [0.29, 0.717) is 6.42 Å². The number of carboxylic acids is 1. The Bertz CT molecular complexity index is 147. The van der Waals surface area contributed by atoms with Gasteiger partial charge in [0.05, 0.1) is 6.73 Å². The number of aliphatic hydroxyl groups is 1. The Labute approximate surface area is 120 Å². The van der Waals surface area contributed by atoms with Crippen LogP contribution in [-0.2, 0) is 4.79 Å². The maximum absolute atomic E-state index is 10.5. The maximum atomic E-state index is 10.5. The first-order valence-electron chi connectivity index (χ1n) is 4.44. The molecule has 0 aromatic heterocycles. The van der Waals surface area contributed by atoms with Crippen LogP contribution in [0.1, 0.15) is 19.3 Å². The molecule has 0 spiro atoms. The van der Waals surface area contributed by atoms with E-state index in [4.69, 9.17) is 10.2 Å². The predicted molar refractivity (Wildman–Crippen MR) is 49.4 cm³/mol. The average molecular weight is 417 g/mol. The van der Waals surface area contributed by atoms with Crippen molar-refractivity contribution in [1.29, 1.82) is 0 Å². The SMILES string of the molecule is CN[C@@H](CCCCNCO)C(=O)O.[Ac]. The Morgan fingerprint density at radius 1 is 1.43 bits per heavy atom. The number of nitrogens with one attached hydrogen (secondary N) is 2. The summed E-state index contributed by atoms with van der Waals surface area (Å²) in [5, 5.41) is 22.5. The van der Waals surface area contributed by atoms with Crippen LogP contribution in [0.25, 0.3) is 0 Å². The van der Waals surface area contributed by atoms with Crippen molar-refractivity contribution in [3.63, 3.8) is 0 Å². The summed E-state index contributed by atoms with van der Waals surface area (Å²) in [4.78, 5) is 10.5. The molecule has 0 aliphatic carbocycles. The number of aliphatic hydroxyl groups excluding tert-OH is 1. The van der Waals surface area contributed by atoms with Crippen molar-refractivity contribution in [1.82, 2.24) is 10.6 Å². The molecule has 1 radical (unpaired) electrons. The third-order valence-corrected chi connectivity index (χ3v) is 1.85. The summed E-state index contributed by atoms with van der Waals surface area (Å²) in [7, 11) is 1.64. The second kappa shape index (κ2) is 11.9. The number of likely N-dealkylation sites (N-methyl/N-ethyl adjacent to an activating group) is 1. The van der Waals surface area contributed by atoms with Gasteiger partial charge in [0.1, 0.15) is 6.04 Å². The third kappa shape index (κ3) is 9.35. The van der Waals surface area contributed by atoms with Crippen LogP contribution in [0.15, 0.2) is 0 Å². The first-order chi connectivity index (χ1) is 6.22. The van der Waals surface area contributed by atoms with Crippen LogP contribution in [0.2, 0.25) is 0 Å². The average Bonchev–Trinajstić information content (AvgIpc) is 2.10. The summed E-state index contributed by atoms with van der Waals surface area (Å²) in [5.41, 5.74) is 0. The van der Waals surface area contributed by atoms with Gasteiger partial charge in [0.25, 0.3) is 0 Å². The van der Waals surface area contributed by atoms with E-state index in [1.165, 1.54) is 0 Å². The zero-order valence-corrected chi connectivity index (χ0v) is 13.2. The zero-order valence-electron chi connectivity index (χ0n) is 8.49. The number of aliphatic carboxylic acids is 1. The van der Waals surface area contributed by atoms with Gasteiger partial charge in [0.2, 0.25) is 0 Å². The van der Waals surface area contributed by atoms with Crippen molar-refractivity contribution in [3.8, 4) is 0 Å². The van der Waals surface area contributed by atoms with Crippen molar-refractivity contribution in [2.45, 2.75) is 25.3 Å². The number of hydrogen-bond acceptors (Lipinski definition) is 4. The Morgan fingerprint density at radius 3 is 2.50 bits per heavy atom. The van der Waals surface area contributed by atoms with Gasteiger partial charge in [0, 0.05) is 44.1 Å². The van der Waals surface area contributed by atoms with Crippen molar-refractivity contribution in [3.05, 3.63) is 0 Å². The third-order valence-electron chi connectivity index (χ3n) is 1.85. The molecule has 0 aliphatic heterocycles. The summed E-state index contributed by atoms with van der Waals surface area (Å²) in [6.07, 6.45) is 2.34. The zero-order chi connectivity index (χ0) is 10.1. The number of carboxylic acid groups (broad SMARTS) is 1. The van der Waals surface area contributed by atoms with Gasteiger partial charge < -0.3 is 15.5 Å². The van der Waals surface area contributed by atoms with Crippen molar-refractivity contribution in [2.75, 3.05) is 20.3 Å². The van der Waals surface area contributed by atoms with Crippen molar-refractivity contribution >= 4 is 5.97 Å². The molecule has 0 aromatic carbocycles. The second-order valence-electron chi connectivity index (χ2n) is 2.83. The van der Waals surface area contributed by atoms with E-state index in [-0.39, 0.29) is 50.8 Å². The first kappa shape index (κ1) is 17.2. The molecule has 6 heteroatoms. The van der Waals surface area contributed by atoms with Crippen LogP contribution in [-0.4, -0.2) is 42.5 Å². The molecule has 0 saturated heterocycles. The van der Waals surface area contributed by atoms with E-state index < -0.39 is 12.0 Å². The van der Waals surface area contributed by atoms with Crippen molar-refractivity contribution < 1.29 is 59.1 Å². The van der Waals surface area contributed by atoms with Gasteiger partial charge in [0.15, 0.2) is 0 Å². The smallest absolute Gasteiger partial charge is 0.320 e. The molecule has 0 bridgehead atoms. The topological polar surface area (TPSA) is 81.6 Å². The molecular weight excluding hydrogens is 399 g/mol. The standard InChI is InChI=1S/C8H18N2O3.Ac/c1-9-7(8(12)13)4-2-3-5-10-6-11;/h7,9-11H,2-6H2,1H3,(H,12,13);/t7-;/m0./s1. The fraction of sp³-hybridized carbons (Fsp3) is 0.875. The van der Waals surface area contributed by atoms with Crippen LogP contribution in [0.3, 0.4) is 0 Å². The van der Waals surface area contributed by atoms with Gasteiger partial charge >= 0.3 is 5.97 Å². The quantitative estimate of drug-likeness (QED) is 0.313. The molecule has 81 valence electrons. The van der Waals surface area contributed by atoms with E-state index in [0.717, 1.165) is 19.4 Å². The maximum Gasteiger partial charge on any atom is 0.320 e. The predicted octanol–water partition coefficient (Wildman–Crippen LogP) is -0.631. The fourth-order valence-electron chi connectivity index (χ4n) is 1.07. The molecule has 0 aliphatic rings. The van der Waals surface area contributed by atoms with Gasteiger partial charge in [-0.3, -0.25) is 10.1 Å². The molecule has 0 aromatic rings. The summed E-state index contributed by atoms with van der Waals surface area (Å²) in [6, 6.07) is -0.450. The minimum absolute atomic E-state index is 0. The summed E-state index contributed by atoms with van der Waals surface area (Å²) in [5.74, 6) is -0.808. The Balaban J connectivity index is 0. The molecule has 1 atom stereocenters. The van der Waals surface area contributed by atoms with Crippen LogP contribution < -0.4 is 10.6 Å². The molecule has 0 fully saturated rings. The molecule has 5 nitrogen and oxygen atoms in total. The minimum Gasteiger partial charge on any atom is -0.480 e. The van der Waals surface area contributed by atoms with E-state index in [1.54, 1.807) is 7.05 Å². The monoisotopic (exact) mass is 417 g/mol. The Morgan fingerprint density at radius 2 is 2.07 bits per heavy atom. The number of carbonyl (C=O) groups is 1. The molecule has 0 unspecified atom stereocenters. The van der Waals surface area contributed by atoms with E-state index >= 15 is 0 Å². The van der Waals surface area contributed by atoms with Gasteiger partial charge in [-0.1, -0.05) is 6.42 Å². The van der Waals surface area contributed by atoms with Gasteiger partial charge in [-0.2, -0.15) is 0 Å². The van der Waals surface area contributed by atoms with Crippen LogP contribution in [0.5, 0.6) is 0 Å². The van der Waals surface area contributed by atoms with Gasteiger partial charge in [-0.05, 0) is 26.4 Å². The van der Waals surface area contributed by atoms with E-state index in [2.05, 4.69) is 10.6 Å². The molecular formula is C8H18AcN2O3. The summed E-state index contributed by atoms with van der Waals surface area (Å²) >= 11 is 0. The molecule has 0 heterocycles. The second-order valence-corrected chi connectivity index (χ2v) is 2.83. The summed E-state index contributed by atoms with van der Waals surface area (Å²) in [6.45, 7) is 0.709. The molecule has 0 rings (SSSR count). The van der Waals surface area contributed by atoms with Crippen LogP contribution >= 0.6 is 0 Å². The van der Waals surface area contributed by atoms with E-state index in [9.17, 15) is 4.79 Å². The van der Waals surface area contributed by atoms with Crippen LogP contribution in [0, 0.1) is 44.1 Å². The van der Waals surface area contributed by atoms with Crippen LogP contribution in [0.4, 0.5) is 0 Å². The molecule has 0 saturated carbocycles. The van der Waals surface area contributed by atoms with E-state index in [1.807, 2.05) is 0 Å². The molecule has 14 heavy (non-hydrogen) atoms. The largest absolute Gasteiger partial charge is 0.480 e. The van der Waals surface area contributed by atoms with Crippen molar-refractivity contribution in [2.24, 2.45) is 0 Å². The van der Waals surface area contributed by atoms with Gasteiger partial charge in [-0.25, -0.2) is 0 Å². The fourth-order valence-corrected chi connectivity index (χ4v) is 1.07. The minimum atomic E-state index is -0.808. The number of unbranched alkanes of at least 4 members (excludes halogenated alkanes) is 1. The Hall–Kier alpha value is 0.792. The Kier molecular flexibility index (Phi) is 14.6. The summed E-state index contributed by atoms with van der Waals surface area (Å²) < 4.78 is 0. The molecule has 0 amide bonds. The first-order valence-corrected chi connectivity index (χ1v) is 4.44. The number of rotatable bonds is 8. The molecule has 4 N–H and O–H groups in total. The normalized spacial score (nSPS) is 11.9.